The van der Waals surface area contributed by atoms with E-state index in [1.165, 1.54) is 12.3 Å². The second kappa shape index (κ2) is 10.5. The molecule has 0 fully saturated rings. The van der Waals surface area contributed by atoms with Gasteiger partial charge in [0.25, 0.3) is 0 Å². The molecule has 1 N–H and O–H groups in total. The Kier molecular flexibility index (Phi) is 8.89. The van der Waals surface area contributed by atoms with E-state index in [0.29, 0.717) is 46.1 Å². The number of rotatable bonds is 11. The first-order chi connectivity index (χ1) is 10.2. The summed E-state index contributed by atoms with van der Waals surface area (Å²) in [5.74, 6) is 0.462. The van der Waals surface area contributed by atoms with E-state index in [2.05, 4.69) is 15.2 Å². The third-order valence-electron chi connectivity index (χ3n) is 3.00. The lowest BCUT2D eigenvalue weighted by Crippen LogP contribution is -2.33. The summed E-state index contributed by atoms with van der Waals surface area (Å²) in [6, 6.07) is 1.52. The number of ether oxygens (including phenoxy) is 2. The van der Waals surface area contributed by atoms with E-state index < -0.39 is 0 Å². The van der Waals surface area contributed by atoms with Crippen molar-refractivity contribution in [3.63, 3.8) is 0 Å². The van der Waals surface area contributed by atoms with E-state index in [-0.39, 0.29) is 5.82 Å². The number of aromatic nitrogens is 1. The molecule has 0 saturated heterocycles. The summed E-state index contributed by atoms with van der Waals surface area (Å²) in [5.41, 5.74) is 0.838. The van der Waals surface area contributed by atoms with Crippen molar-refractivity contribution < 1.29 is 13.9 Å². The first-order valence-corrected chi connectivity index (χ1v) is 7.42. The molecule has 120 valence electrons. The Hall–Kier alpha value is -1.24. The van der Waals surface area contributed by atoms with Crippen LogP contribution in [0.1, 0.15) is 19.4 Å². The van der Waals surface area contributed by atoms with Crippen molar-refractivity contribution in [2.45, 2.75) is 20.4 Å². The van der Waals surface area contributed by atoms with Crippen LogP contribution < -0.4 is 10.2 Å². The van der Waals surface area contributed by atoms with Gasteiger partial charge in [0.2, 0.25) is 0 Å². The van der Waals surface area contributed by atoms with E-state index in [0.717, 1.165) is 11.4 Å². The van der Waals surface area contributed by atoms with Crippen molar-refractivity contribution in [1.29, 1.82) is 0 Å². The second-order valence-electron chi connectivity index (χ2n) is 4.55. The molecule has 0 unspecified atom stereocenters. The average Bonchev–Trinajstić information content (AvgIpc) is 2.47. The van der Waals surface area contributed by atoms with E-state index in [9.17, 15) is 4.39 Å². The van der Waals surface area contributed by atoms with Crippen LogP contribution in [0.5, 0.6) is 0 Å². The molecule has 0 spiro atoms. The van der Waals surface area contributed by atoms with Gasteiger partial charge in [0.1, 0.15) is 11.6 Å². The van der Waals surface area contributed by atoms with Crippen LogP contribution in [-0.4, -0.2) is 51.5 Å². The summed E-state index contributed by atoms with van der Waals surface area (Å²) >= 11 is 0. The molecule has 0 amide bonds. The molecule has 0 atom stereocenters. The fraction of sp³-hybridized carbons (Fsp3) is 0.667. The fourth-order valence-corrected chi connectivity index (χ4v) is 2.04. The predicted molar refractivity (Wildman–Crippen MR) is 82.2 cm³/mol. The van der Waals surface area contributed by atoms with Gasteiger partial charge in [-0.15, -0.1) is 0 Å². The molecule has 21 heavy (non-hydrogen) atoms. The molecule has 1 heterocycles. The van der Waals surface area contributed by atoms with Gasteiger partial charge >= 0.3 is 0 Å². The molecule has 0 saturated carbocycles. The first-order valence-electron chi connectivity index (χ1n) is 7.42. The maximum atomic E-state index is 13.4. The monoisotopic (exact) mass is 299 g/mol. The second-order valence-corrected chi connectivity index (χ2v) is 4.55. The quantitative estimate of drug-likeness (QED) is 0.632. The van der Waals surface area contributed by atoms with E-state index in [4.69, 9.17) is 9.47 Å². The number of pyridine rings is 1. The summed E-state index contributed by atoms with van der Waals surface area (Å²) in [7, 11) is 1.83. The van der Waals surface area contributed by atoms with Gasteiger partial charge in [-0.3, -0.25) is 0 Å². The predicted octanol–water partition coefficient (Wildman–Crippen LogP) is 1.82. The number of hydrogen-bond acceptors (Lipinski definition) is 5. The van der Waals surface area contributed by atoms with Gasteiger partial charge in [0, 0.05) is 38.4 Å². The topological polar surface area (TPSA) is 46.6 Å². The fourth-order valence-electron chi connectivity index (χ4n) is 2.04. The van der Waals surface area contributed by atoms with Gasteiger partial charge in [-0.05, 0) is 27.0 Å². The van der Waals surface area contributed by atoms with Gasteiger partial charge in [-0.25, -0.2) is 9.37 Å². The van der Waals surface area contributed by atoms with Crippen LogP contribution in [-0.2, 0) is 16.0 Å². The van der Waals surface area contributed by atoms with Crippen LogP contribution in [0.3, 0.4) is 0 Å². The molecule has 0 aliphatic carbocycles. The Bertz CT molecular complexity index is 395. The van der Waals surface area contributed by atoms with Crippen LogP contribution in [0.2, 0.25) is 0 Å². The van der Waals surface area contributed by atoms with Gasteiger partial charge in [-0.1, -0.05) is 0 Å². The van der Waals surface area contributed by atoms with Gasteiger partial charge in [0.05, 0.1) is 19.4 Å². The minimum Gasteiger partial charge on any atom is -0.380 e. The smallest absolute Gasteiger partial charge is 0.141 e. The zero-order valence-electron chi connectivity index (χ0n) is 13.2. The van der Waals surface area contributed by atoms with Crippen molar-refractivity contribution in [3.05, 3.63) is 23.6 Å². The van der Waals surface area contributed by atoms with E-state index in [1.54, 1.807) is 0 Å². The maximum Gasteiger partial charge on any atom is 0.141 e. The largest absolute Gasteiger partial charge is 0.380 e. The van der Waals surface area contributed by atoms with Crippen molar-refractivity contribution in [2.24, 2.45) is 0 Å². The van der Waals surface area contributed by atoms with Crippen molar-refractivity contribution in [3.8, 4) is 0 Å². The molecule has 0 aliphatic heterocycles. The Morgan fingerprint density at radius 3 is 2.33 bits per heavy atom. The highest BCUT2D eigenvalue weighted by Gasteiger charge is 2.13. The molecular weight excluding hydrogens is 273 g/mol. The van der Waals surface area contributed by atoms with Crippen LogP contribution in [0.25, 0.3) is 0 Å². The van der Waals surface area contributed by atoms with Gasteiger partial charge in [0.15, 0.2) is 0 Å². The Labute approximate surface area is 126 Å². The lowest BCUT2D eigenvalue weighted by molar-refractivity contribution is 0.141. The summed E-state index contributed by atoms with van der Waals surface area (Å²) in [4.78, 5) is 6.34. The highest BCUT2D eigenvalue weighted by Crippen LogP contribution is 2.18. The third-order valence-corrected chi connectivity index (χ3v) is 3.00. The lowest BCUT2D eigenvalue weighted by Gasteiger charge is -2.25. The molecule has 0 bridgehead atoms. The van der Waals surface area contributed by atoms with Crippen molar-refractivity contribution in [2.75, 3.05) is 51.5 Å². The number of halogens is 1. The van der Waals surface area contributed by atoms with Crippen LogP contribution in [0.4, 0.5) is 10.2 Å². The number of nitrogens with zero attached hydrogens (tertiary/aromatic N) is 2. The van der Waals surface area contributed by atoms with E-state index in [1.807, 2.05) is 20.9 Å². The number of nitrogens with one attached hydrogen (secondary N) is 1. The first kappa shape index (κ1) is 17.8. The molecule has 0 radical (unpaired) electrons. The minimum atomic E-state index is -0.321. The molecule has 0 aliphatic rings. The molecule has 6 heteroatoms. The maximum absolute atomic E-state index is 13.4. The highest BCUT2D eigenvalue weighted by molar-refractivity contribution is 5.47. The summed E-state index contributed by atoms with van der Waals surface area (Å²) in [5, 5.41) is 3.05. The number of hydrogen-bond donors (Lipinski definition) is 1. The summed E-state index contributed by atoms with van der Waals surface area (Å²) in [6.07, 6.45) is 1.25. The molecule has 5 nitrogen and oxygen atoms in total. The van der Waals surface area contributed by atoms with Gasteiger partial charge < -0.3 is 19.7 Å². The Morgan fingerprint density at radius 1 is 1.19 bits per heavy atom. The third kappa shape index (κ3) is 6.37. The van der Waals surface area contributed by atoms with Crippen LogP contribution in [0, 0.1) is 5.82 Å². The molecule has 1 rings (SSSR count). The molecule has 0 aromatic carbocycles. The van der Waals surface area contributed by atoms with E-state index >= 15 is 0 Å². The Morgan fingerprint density at radius 2 is 1.81 bits per heavy atom. The highest BCUT2D eigenvalue weighted by atomic mass is 19.1. The SMILES string of the molecule is CCOCCN(CCOCC)c1ncc(F)cc1CNC. The lowest BCUT2D eigenvalue weighted by atomic mass is 10.2. The van der Waals surface area contributed by atoms with Crippen LogP contribution >= 0.6 is 0 Å². The zero-order chi connectivity index (χ0) is 15.5. The standard InChI is InChI=1S/C15H26FN3O2/c1-4-20-8-6-19(7-9-21-5-2)15-13(11-17-3)10-14(16)12-18-15/h10,12,17H,4-9,11H2,1-3H3. The average molecular weight is 299 g/mol. The summed E-state index contributed by atoms with van der Waals surface area (Å²) < 4.78 is 24.2. The molecular formula is C15H26FN3O2. The Balaban J connectivity index is 2.83. The minimum absolute atomic E-state index is 0.321. The summed E-state index contributed by atoms with van der Waals surface area (Å²) in [6.45, 7) is 8.49. The number of anilines is 1. The van der Waals surface area contributed by atoms with Gasteiger partial charge in [-0.2, -0.15) is 0 Å². The normalized spacial score (nSPS) is 10.9. The molecule has 1 aromatic heterocycles. The van der Waals surface area contributed by atoms with Crippen molar-refractivity contribution in [1.82, 2.24) is 10.3 Å². The van der Waals surface area contributed by atoms with Crippen LogP contribution in [0.15, 0.2) is 12.3 Å². The molecule has 1 aromatic rings. The zero-order valence-corrected chi connectivity index (χ0v) is 13.2. The van der Waals surface area contributed by atoms with Crippen molar-refractivity contribution >= 4 is 5.82 Å².